The second kappa shape index (κ2) is 20.4. The number of benzene rings is 1. The highest BCUT2D eigenvalue weighted by molar-refractivity contribution is 7.78. The lowest BCUT2D eigenvalue weighted by Gasteiger charge is -2.32. The molecule has 53 heavy (non-hydrogen) atoms. The third-order valence-electron chi connectivity index (χ3n) is 8.54. The van der Waals surface area contributed by atoms with E-state index in [9.17, 15) is 9.59 Å². The van der Waals surface area contributed by atoms with E-state index < -0.39 is 11.9 Å². The summed E-state index contributed by atoms with van der Waals surface area (Å²) in [6.45, 7) is 9.41. The van der Waals surface area contributed by atoms with Gasteiger partial charge in [0.25, 0.3) is 0 Å². The van der Waals surface area contributed by atoms with Crippen LogP contribution in [0.25, 0.3) is 0 Å². The van der Waals surface area contributed by atoms with Gasteiger partial charge in [0.1, 0.15) is 0 Å². The molecule has 3 aromatic rings. The maximum atomic E-state index is 12.8. The van der Waals surface area contributed by atoms with Crippen LogP contribution in [0, 0.1) is 0 Å². The van der Waals surface area contributed by atoms with Crippen LogP contribution in [0.5, 0.6) is 0 Å². The third kappa shape index (κ3) is 12.8. The van der Waals surface area contributed by atoms with Crippen LogP contribution in [0.1, 0.15) is 44.0 Å². The first-order chi connectivity index (χ1) is 26.1. The van der Waals surface area contributed by atoms with E-state index in [4.69, 9.17) is 45.8 Å². The van der Waals surface area contributed by atoms with E-state index in [1.807, 2.05) is 48.5 Å². The maximum absolute atomic E-state index is 12.8. The number of rotatable bonds is 10. The average Bonchev–Trinajstić information content (AvgIpc) is 4.12. The molecular weight excluding hydrogens is 703 g/mol. The molecule has 2 aromatic heterocycles. The largest absolute Gasteiger partial charge is 0.378 e. The van der Waals surface area contributed by atoms with Gasteiger partial charge in [-0.2, -0.15) is 4.99 Å². The zero-order chi connectivity index (χ0) is 36.7. The molecule has 3 saturated heterocycles. The Labute approximate surface area is 314 Å². The van der Waals surface area contributed by atoms with Gasteiger partial charge in [0.05, 0.1) is 107 Å². The highest BCUT2D eigenvalue weighted by atomic mass is 32.1. The van der Waals surface area contributed by atoms with E-state index in [1.54, 1.807) is 22.3 Å². The minimum atomic E-state index is -0.488. The van der Waals surface area contributed by atoms with Gasteiger partial charge in [-0.15, -0.1) is 10.1 Å². The minimum Gasteiger partial charge on any atom is -0.378 e. The Balaban J connectivity index is 1.08. The topological polar surface area (TPSA) is 140 Å². The number of carbonyl (C=O) groups is 2. The monoisotopic (exact) mass is 747 g/mol. The number of nitrogens with zero attached hydrogens (tertiary/aromatic N) is 7. The Morgan fingerprint density at radius 2 is 1.21 bits per heavy atom. The van der Waals surface area contributed by atoms with E-state index in [2.05, 4.69) is 24.9 Å². The highest BCUT2D eigenvalue weighted by Crippen LogP contribution is 2.29. The predicted molar refractivity (Wildman–Crippen MR) is 196 cm³/mol. The van der Waals surface area contributed by atoms with Crippen molar-refractivity contribution >= 4 is 35.0 Å². The quantitative estimate of drug-likeness (QED) is 0.171. The predicted octanol–water partition coefficient (Wildman–Crippen LogP) is 2.96. The van der Waals surface area contributed by atoms with Gasteiger partial charge < -0.3 is 28.6 Å². The third-order valence-corrected chi connectivity index (χ3v) is 8.63. The van der Waals surface area contributed by atoms with Crippen LogP contribution in [0.15, 0.2) is 65.7 Å². The van der Waals surface area contributed by atoms with E-state index >= 15 is 0 Å². The molecule has 0 spiro atoms. The molecule has 15 nitrogen and oxygen atoms in total. The smallest absolute Gasteiger partial charge is 0.375 e. The highest BCUT2D eigenvalue weighted by Gasteiger charge is 2.28. The molecule has 0 radical (unpaired) electrons. The summed E-state index contributed by atoms with van der Waals surface area (Å²) >= 11 is 4.80. The number of pyridine rings is 2. The molecule has 6 rings (SSSR count). The van der Waals surface area contributed by atoms with Gasteiger partial charge in [-0.3, -0.25) is 9.80 Å². The SMILES string of the molecule is O=C(ON1CC1)c1cccc(CN2CCOCCOCCN(C(c3ccc(N=C=S)cc3)c3cccc(C(=O)ON4CC4)n3)CCOCCOCC2)n1. The van der Waals surface area contributed by atoms with Crippen LogP contribution in [0.2, 0.25) is 0 Å². The van der Waals surface area contributed by atoms with Crippen molar-refractivity contribution < 1.29 is 38.2 Å². The molecule has 0 amide bonds. The molecule has 3 aliphatic heterocycles. The number of ether oxygens (including phenoxy) is 4. The van der Waals surface area contributed by atoms with Crippen molar-refractivity contribution in [3.63, 3.8) is 0 Å². The maximum Gasteiger partial charge on any atom is 0.375 e. The van der Waals surface area contributed by atoms with Crippen LogP contribution in [0.4, 0.5) is 5.69 Å². The number of hydroxylamine groups is 4. The van der Waals surface area contributed by atoms with E-state index in [1.165, 1.54) is 0 Å². The number of carbonyl (C=O) groups excluding carboxylic acids is 2. The molecule has 3 aliphatic rings. The normalized spacial score (nSPS) is 19.5. The first kappa shape index (κ1) is 38.7. The molecular formula is C37H45N7O8S. The number of aliphatic imine (C=N–C) groups is 1. The van der Waals surface area contributed by atoms with Crippen molar-refractivity contribution in [3.8, 4) is 0 Å². The van der Waals surface area contributed by atoms with Crippen LogP contribution in [-0.4, -0.2) is 152 Å². The molecule has 0 saturated carbocycles. The number of aromatic nitrogens is 2. The van der Waals surface area contributed by atoms with E-state index in [-0.39, 0.29) is 17.4 Å². The standard InChI is InChI=1S/C37H45N7O8S/c45-36(51-43-11-12-43)33-5-1-3-31(39-33)27-41-15-19-47-23-25-49-21-17-42(18-22-50-26-24-48-20-16-41)35(29-7-9-30(10-8-29)38-28-53)32-4-2-6-34(40-32)37(46)52-44-13-14-44/h1-10,35H,11-27H2. The van der Waals surface area contributed by atoms with Crippen molar-refractivity contribution in [2.45, 2.75) is 12.6 Å². The van der Waals surface area contributed by atoms with Gasteiger partial charge in [-0.25, -0.2) is 19.6 Å². The first-order valence-corrected chi connectivity index (χ1v) is 18.3. The van der Waals surface area contributed by atoms with Crippen molar-refractivity contribution in [1.82, 2.24) is 29.9 Å². The lowest BCUT2D eigenvalue weighted by molar-refractivity contribution is -0.0296. The van der Waals surface area contributed by atoms with Crippen LogP contribution in [-0.2, 0) is 35.2 Å². The first-order valence-electron chi connectivity index (χ1n) is 17.9. The fourth-order valence-electron chi connectivity index (χ4n) is 5.61. The Morgan fingerprint density at radius 3 is 1.75 bits per heavy atom. The summed E-state index contributed by atoms with van der Waals surface area (Å²) in [5, 5.41) is 5.59. The molecule has 0 aliphatic carbocycles. The second-order valence-electron chi connectivity index (χ2n) is 12.5. The van der Waals surface area contributed by atoms with Gasteiger partial charge in [0.15, 0.2) is 11.4 Å². The Morgan fingerprint density at radius 1 is 0.679 bits per heavy atom. The molecule has 3 fully saturated rings. The van der Waals surface area contributed by atoms with Gasteiger partial charge in [0.2, 0.25) is 0 Å². The molecule has 0 bridgehead atoms. The fourth-order valence-corrected chi connectivity index (χ4v) is 5.71. The fraction of sp³-hybridized carbons (Fsp3) is 0.486. The molecule has 282 valence electrons. The number of hydrogen-bond acceptors (Lipinski definition) is 16. The van der Waals surface area contributed by atoms with Gasteiger partial charge in [0, 0.05) is 32.7 Å². The zero-order valence-corrected chi connectivity index (χ0v) is 30.5. The zero-order valence-electron chi connectivity index (χ0n) is 29.7. The Kier molecular flexibility index (Phi) is 14.9. The summed E-state index contributed by atoms with van der Waals surface area (Å²) in [4.78, 5) is 53.7. The summed E-state index contributed by atoms with van der Waals surface area (Å²) < 4.78 is 24.0. The lowest BCUT2D eigenvalue weighted by atomic mass is 10.00. The van der Waals surface area contributed by atoms with Gasteiger partial charge in [-0.05, 0) is 54.2 Å². The van der Waals surface area contributed by atoms with E-state index in [0.717, 1.165) is 37.4 Å². The summed E-state index contributed by atoms with van der Waals surface area (Å²) in [6.07, 6.45) is 0. The molecule has 5 heterocycles. The number of isothiocyanates is 1. The van der Waals surface area contributed by atoms with Crippen molar-refractivity contribution in [2.75, 3.05) is 105 Å². The van der Waals surface area contributed by atoms with Crippen LogP contribution in [0.3, 0.4) is 0 Å². The summed E-state index contributed by atoms with van der Waals surface area (Å²) in [6, 6.07) is 18.2. The Hall–Kier alpha value is -4.06. The molecule has 1 unspecified atom stereocenters. The number of hydrogen-bond donors (Lipinski definition) is 0. The second-order valence-corrected chi connectivity index (χ2v) is 12.7. The van der Waals surface area contributed by atoms with Crippen molar-refractivity contribution in [3.05, 3.63) is 89.0 Å². The molecule has 1 atom stereocenters. The number of thiocarbonyl (C=S) groups is 1. The minimum absolute atomic E-state index is 0.236. The van der Waals surface area contributed by atoms with Crippen molar-refractivity contribution in [1.29, 1.82) is 0 Å². The summed E-state index contributed by atoms with van der Waals surface area (Å²) in [5.74, 6) is -0.936. The molecule has 1 aromatic carbocycles. The van der Waals surface area contributed by atoms with Crippen LogP contribution < -0.4 is 0 Å². The summed E-state index contributed by atoms with van der Waals surface area (Å²) in [5.41, 5.74) is 3.62. The molecule has 0 N–H and O–H groups in total. The lowest BCUT2D eigenvalue weighted by Crippen LogP contribution is -2.36. The summed E-state index contributed by atoms with van der Waals surface area (Å²) in [7, 11) is 0. The van der Waals surface area contributed by atoms with Crippen molar-refractivity contribution in [2.24, 2.45) is 4.99 Å². The van der Waals surface area contributed by atoms with Crippen LogP contribution >= 0.6 is 12.2 Å². The average molecular weight is 748 g/mol. The van der Waals surface area contributed by atoms with Gasteiger partial charge >= 0.3 is 11.9 Å². The molecule has 16 heteroatoms. The van der Waals surface area contributed by atoms with E-state index in [0.29, 0.717) is 97.0 Å². The van der Waals surface area contributed by atoms with Gasteiger partial charge in [-0.1, -0.05) is 24.3 Å². The Bertz CT molecular complexity index is 1670.